The molecule has 37 heavy (non-hydrogen) atoms. The van der Waals surface area contributed by atoms with Crippen molar-refractivity contribution in [2.24, 2.45) is 11.7 Å². The van der Waals surface area contributed by atoms with Crippen molar-refractivity contribution in [1.29, 1.82) is 0 Å². The highest BCUT2D eigenvalue weighted by Crippen LogP contribution is 2.34. The maximum absolute atomic E-state index is 13.1. The van der Waals surface area contributed by atoms with Gasteiger partial charge in [0.15, 0.2) is 5.69 Å². The molecular weight excluding hydrogens is 473 g/mol. The number of aromatic nitrogens is 3. The van der Waals surface area contributed by atoms with Crippen molar-refractivity contribution in [2.45, 2.75) is 25.7 Å². The van der Waals surface area contributed by atoms with Gasteiger partial charge >= 0.3 is 0 Å². The molecule has 1 saturated heterocycles. The number of H-pyrrole nitrogens is 1. The van der Waals surface area contributed by atoms with E-state index in [-0.39, 0.29) is 29.3 Å². The molecule has 9 heteroatoms. The number of likely N-dealkylation sites (tertiary alicyclic amines) is 1. The molecule has 8 nitrogen and oxygen atoms in total. The number of hydrogen-bond acceptors (Lipinski definition) is 4. The first-order valence-electron chi connectivity index (χ1n) is 12.2. The van der Waals surface area contributed by atoms with Crippen LogP contribution in [0.1, 0.15) is 41.7 Å². The lowest BCUT2D eigenvalue weighted by molar-refractivity contribution is -0.134. The first kappa shape index (κ1) is 24.3. The van der Waals surface area contributed by atoms with Gasteiger partial charge in [0, 0.05) is 24.2 Å². The highest BCUT2D eigenvalue weighted by Gasteiger charge is 2.29. The Morgan fingerprint density at radius 2 is 1.76 bits per heavy atom. The van der Waals surface area contributed by atoms with Gasteiger partial charge in [0.25, 0.3) is 5.91 Å². The molecule has 5 rings (SSSR count). The van der Waals surface area contributed by atoms with Crippen molar-refractivity contribution in [1.82, 2.24) is 19.5 Å². The normalized spacial score (nSPS) is 15.0. The molecule has 3 N–H and O–H groups in total. The molecule has 1 unspecified atom stereocenters. The van der Waals surface area contributed by atoms with Crippen LogP contribution in [0.15, 0.2) is 67.4 Å². The molecule has 2 aromatic carbocycles. The fraction of sp³-hybridized carbons (Fsp3) is 0.250. The summed E-state index contributed by atoms with van der Waals surface area (Å²) in [6.45, 7) is 6.89. The van der Waals surface area contributed by atoms with E-state index in [4.69, 9.17) is 10.5 Å². The molecule has 2 amide bonds. The molecule has 4 aromatic rings. The number of carbonyl (C=O) groups excluding carboxylic acids is 2. The van der Waals surface area contributed by atoms with Crippen molar-refractivity contribution < 1.29 is 18.7 Å². The van der Waals surface area contributed by atoms with Gasteiger partial charge in [-0.05, 0) is 67.3 Å². The van der Waals surface area contributed by atoms with Gasteiger partial charge in [0.1, 0.15) is 23.0 Å². The molecule has 3 heterocycles. The monoisotopic (exact) mass is 501 g/mol. The predicted octanol–water partition coefficient (Wildman–Crippen LogP) is 4.89. The SMILES string of the molecule is C=CC(C)C(=O)N1CCC(c2cnn3c(C(N)=O)c(-c4ccc(Oc5ccc(F)cc5)cc4)[nH]c23)CC1. The number of fused-ring (bicyclic) bond motifs is 1. The quantitative estimate of drug-likeness (QED) is 0.352. The molecule has 1 fully saturated rings. The molecule has 190 valence electrons. The Morgan fingerprint density at radius 1 is 1.14 bits per heavy atom. The maximum Gasteiger partial charge on any atom is 0.269 e. The number of rotatable bonds is 7. The topological polar surface area (TPSA) is 106 Å². The van der Waals surface area contributed by atoms with Crippen LogP contribution >= 0.6 is 0 Å². The van der Waals surface area contributed by atoms with E-state index < -0.39 is 5.91 Å². The summed E-state index contributed by atoms with van der Waals surface area (Å²) in [5.74, 6) is 0.246. The zero-order valence-corrected chi connectivity index (χ0v) is 20.5. The highest BCUT2D eigenvalue weighted by atomic mass is 19.1. The van der Waals surface area contributed by atoms with Crippen LogP contribution in [-0.2, 0) is 4.79 Å². The van der Waals surface area contributed by atoms with E-state index in [1.54, 1.807) is 41.1 Å². The van der Waals surface area contributed by atoms with Gasteiger partial charge < -0.3 is 20.4 Å². The number of hydrogen-bond donors (Lipinski definition) is 2. The fourth-order valence-corrected chi connectivity index (χ4v) is 4.80. The standard InChI is InChI=1S/C28H28FN5O3/c1-3-17(2)28(36)33-14-12-18(13-15-33)23-16-31-34-25(26(30)35)24(32-27(23)34)19-4-8-21(9-5-19)37-22-10-6-20(29)7-11-22/h3-11,16-18,32H,1,12-15H2,2H3,(H2,30,35). The Labute approximate surface area is 213 Å². The van der Waals surface area contributed by atoms with Crippen molar-refractivity contribution in [3.05, 3.63) is 84.5 Å². The molecular formula is C28H28FN5O3. The van der Waals surface area contributed by atoms with Crippen LogP contribution in [0.2, 0.25) is 0 Å². The summed E-state index contributed by atoms with van der Waals surface area (Å²) in [5.41, 5.74) is 9.05. The van der Waals surface area contributed by atoms with Gasteiger partial charge in [0.05, 0.1) is 17.8 Å². The van der Waals surface area contributed by atoms with E-state index in [9.17, 15) is 14.0 Å². The summed E-state index contributed by atoms with van der Waals surface area (Å²) >= 11 is 0. The Balaban J connectivity index is 1.39. The number of nitrogens with zero attached hydrogens (tertiary/aromatic N) is 3. The predicted molar refractivity (Wildman–Crippen MR) is 138 cm³/mol. The molecule has 0 aliphatic carbocycles. The molecule has 1 aliphatic rings. The third-order valence-electron chi connectivity index (χ3n) is 6.90. The number of primary amides is 1. The summed E-state index contributed by atoms with van der Waals surface area (Å²) in [5, 5.41) is 4.47. The van der Waals surface area contributed by atoms with E-state index in [0.29, 0.717) is 30.3 Å². The van der Waals surface area contributed by atoms with Crippen LogP contribution in [0, 0.1) is 11.7 Å². The first-order valence-corrected chi connectivity index (χ1v) is 12.2. The minimum Gasteiger partial charge on any atom is -0.457 e. The number of carbonyl (C=O) groups is 2. The second-order valence-electron chi connectivity index (χ2n) is 9.28. The average Bonchev–Trinajstić information content (AvgIpc) is 3.49. The molecule has 1 aliphatic heterocycles. The van der Waals surface area contributed by atoms with Gasteiger partial charge in [-0.3, -0.25) is 9.59 Å². The molecule has 0 radical (unpaired) electrons. The van der Waals surface area contributed by atoms with Crippen LogP contribution in [0.4, 0.5) is 4.39 Å². The van der Waals surface area contributed by atoms with E-state index in [0.717, 1.165) is 29.6 Å². The number of amides is 2. The van der Waals surface area contributed by atoms with Crippen LogP contribution in [-0.4, -0.2) is 44.4 Å². The fourth-order valence-electron chi connectivity index (χ4n) is 4.80. The van der Waals surface area contributed by atoms with E-state index >= 15 is 0 Å². The van der Waals surface area contributed by atoms with Gasteiger partial charge in [-0.25, -0.2) is 8.91 Å². The Bertz CT molecular complexity index is 1450. The molecule has 0 spiro atoms. The zero-order valence-electron chi connectivity index (χ0n) is 20.5. The molecule has 1 atom stereocenters. The minimum absolute atomic E-state index is 0.0960. The lowest BCUT2D eigenvalue weighted by Gasteiger charge is -2.32. The number of nitrogens with two attached hydrogens (primary N) is 1. The van der Waals surface area contributed by atoms with Crippen LogP contribution in [0.5, 0.6) is 11.5 Å². The van der Waals surface area contributed by atoms with E-state index in [2.05, 4.69) is 16.7 Å². The molecule has 0 saturated carbocycles. The third-order valence-corrected chi connectivity index (χ3v) is 6.90. The lowest BCUT2D eigenvalue weighted by atomic mass is 9.90. The summed E-state index contributed by atoms with van der Waals surface area (Å²) < 4.78 is 20.5. The summed E-state index contributed by atoms with van der Waals surface area (Å²) in [6.07, 6.45) is 5.04. The molecule has 2 aromatic heterocycles. The van der Waals surface area contributed by atoms with Gasteiger partial charge in [-0.2, -0.15) is 5.10 Å². The maximum atomic E-state index is 13.1. The number of aromatic amines is 1. The lowest BCUT2D eigenvalue weighted by Crippen LogP contribution is -2.40. The van der Waals surface area contributed by atoms with Crippen molar-refractivity contribution in [2.75, 3.05) is 13.1 Å². The second-order valence-corrected chi connectivity index (χ2v) is 9.28. The number of imidazole rings is 1. The highest BCUT2D eigenvalue weighted by molar-refractivity contribution is 5.98. The van der Waals surface area contributed by atoms with Crippen molar-refractivity contribution in [3.8, 4) is 22.8 Å². The first-order chi connectivity index (χ1) is 17.9. The van der Waals surface area contributed by atoms with Crippen LogP contribution in [0.3, 0.4) is 0 Å². The van der Waals surface area contributed by atoms with Crippen molar-refractivity contribution >= 4 is 17.5 Å². The second kappa shape index (κ2) is 9.93. The third kappa shape index (κ3) is 4.72. The summed E-state index contributed by atoms with van der Waals surface area (Å²) in [6, 6.07) is 12.9. The summed E-state index contributed by atoms with van der Waals surface area (Å²) in [7, 11) is 0. The van der Waals surface area contributed by atoms with Crippen LogP contribution < -0.4 is 10.5 Å². The smallest absolute Gasteiger partial charge is 0.269 e. The number of piperidine rings is 1. The van der Waals surface area contributed by atoms with Gasteiger partial charge in [0.2, 0.25) is 5.91 Å². The number of halogens is 1. The zero-order chi connectivity index (χ0) is 26.1. The van der Waals surface area contributed by atoms with Gasteiger partial charge in [-0.1, -0.05) is 13.0 Å². The Morgan fingerprint density at radius 3 is 2.35 bits per heavy atom. The van der Waals surface area contributed by atoms with E-state index in [1.807, 2.05) is 24.0 Å². The van der Waals surface area contributed by atoms with Crippen molar-refractivity contribution in [3.63, 3.8) is 0 Å². The average molecular weight is 502 g/mol. The van der Waals surface area contributed by atoms with Crippen LogP contribution in [0.25, 0.3) is 16.9 Å². The largest absolute Gasteiger partial charge is 0.457 e. The molecule has 0 bridgehead atoms. The van der Waals surface area contributed by atoms with E-state index in [1.165, 1.54) is 12.1 Å². The van der Waals surface area contributed by atoms with Gasteiger partial charge in [-0.15, -0.1) is 6.58 Å². The minimum atomic E-state index is -0.596. The number of nitrogens with one attached hydrogen (secondary N) is 1. The Kier molecular flexibility index (Phi) is 6.52. The Hall–Kier alpha value is -4.40. The number of ether oxygens (including phenoxy) is 1. The summed E-state index contributed by atoms with van der Waals surface area (Å²) in [4.78, 5) is 30.2. The number of benzene rings is 2.